The summed E-state index contributed by atoms with van der Waals surface area (Å²) in [5.41, 5.74) is 4.28. The lowest BCUT2D eigenvalue weighted by Crippen LogP contribution is -2.26. The first-order chi connectivity index (χ1) is 21.5. The Hall–Kier alpha value is -4.60. The number of pyridine rings is 1. The van der Waals surface area contributed by atoms with Crippen molar-refractivity contribution in [3.8, 4) is 5.75 Å². The van der Waals surface area contributed by atoms with Gasteiger partial charge in [0.25, 0.3) is 0 Å². The first-order valence-electron chi connectivity index (χ1n) is 14.2. The molecule has 0 amide bonds. The first-order valence-corrected chi connectivity index (χ1v) is 15.6. The largest absolute Gasteiger partial charge is 0.475 e. The number of benzene rings is 4. The van der Waals surface area contributed by atoms with Crippen molar-refractivity contribution in [1.82, 2.24) is 14.0 Å². The molecule has 0 fully saturated rings. The zero-order valence-electron chi connectivity index (χ0n) is 24.1. The summed E-state index contributed by atoms with van der Waals surface area (Å²) in [6.07, 6.45) is 0.746. The van der Waals surface area contributed by atoms with Gasteiger partial charge >= 0.3 is 0 Å². The van der Waals surface area contributed by atoms with Crippen molar-refractivity contribution in [2.75, 3.05) is 13.7 Å². The second kappa shape index (κ2) is 13.8. The molecule has 0 radical (unpaired) electrons. The maximum Gasteiger partial charge on any atom is 0.223 e. The molecule has 1 aliphatic rings. The Morgan fingerprint density at radius 1 is 0.773 bits per heavy atom. The van der Waals surface area contributed by atoms with Crippen molar-refractivity contribution < 1.29 is 9.57 Å². The van der Waals surface area contributed by atoms with E-state index in [1.165, 1.54) is 11.9 Å². The van der Waals surface area contributed by atoms with Crippen LogP contribution in [-0.2, 0) is 5.75 Å². The quantitative estimate of drug-likeness (QED) is 0.130. The molecule has 0 N–H and O–H groups in total. The van der Waals surface area contributed by atoms with Crippen molar-refractivity contribution in [2.24, 2.45) is 5.10 Å². The SMILES string of the molecule is CN1CN(SCc2cc(=O)c(OC(c3ccccc3)c3ccccc3)cn2OC(c2ccccc2)c2ccccc2)N=C1S. The number of thiol groups is 1. The highest BCUT2D eigenvalue weighted by atomic mass is 32.2. The number of ether oxygens (including phenoxy) is 1. The van der Waals surface area contributed by atoms with Crippen LogP contribution in [-0.4, -0.2) is 32.9 Å². The van der Waals surface area contributed by atoms with Crippen LogP contribution in [0.4, 0.5) is 0 Å². The van der Waals surface area contributed by atoms with E-state index in [0.29, 0.717) is 23.3 Å². The Bertz CT molecular complexity index is 1670. The van der Waals surface area contributed by atoms with Gasteiger partial charge in [0.1, 0.15) is 12.8 Å². The van der Waals surface area contributed by atoms with E-state index in [1.807, 2.05) is 138 Å². The van der Waals surface area contributed by atoms with E-state index in [2.05, 4.69) is 17.7 Å². The van der Waals surface area contributed by atoms with Gasteiger partial charge in [-0.2, -0.15) is 4.73 Å². The smallest absolute Gasteiger partial charge is 0.223 e. The second-order valence-corrected chi connectivity index (χ2v) is 11.7. The maximum atomic E-state index is 13.7. The molecule has 0 aliphatic carbocycles. The summed E-state index contributed by atoms with van der Waals surface area (Å²) >= 11 is 5.89. The molecule has 9 heteroatoms. The molecular weight excluding hydrogens is 589 g/mol. The third kappa shape index (κ3) is 6.96. The van der Waals surface area contributed by atoms with E-state index in [4.69, 9.17) is 9.57 Å². The lowest BCUT2D eigenvalue weighted by molar-refractivity contribution is 0.0528. The van der Waals surface area contributed by atoms with Gasteiger partial charge < -0.3 is 14.5 Å². The van der Waals surface area contributed by atoms with Gasteiger partial charge in [0.05, 0.1) is 17.6 Å². The molecule has 0 saturated heterocycles. The Kier molecular flexibility index (Phi) is 9.24. The molecule has 1 aromatic heterocycles. The average molecular weight is 621 g/mol. The van der Waals surface area contributed by atoms with Crippen LogP contribution in [0.2, 0.25) is 0 Å². The van der Waals surface area contributed by atoms with Gasteiger partial charge in [0.15, 0.2) is 17.0 Å². The predicted molar refractivity (Wildman–Crippen MR) is 180 cm³/mol. The molecule has 4 aromatic carbocycles. The summed E-state index contributed by atoms with van der Waals surface area (Å²) in [7, 11) is 1.93. The highest BCUT2D eigenvalue weighted by molar-refractivity contribution is 7.97. The van der Waals surface area contributed by atoms with Gasteiger partial charge in [0.2, 0.25) is 5.43 Å². The van der Waals surface area contributed by atoms with Gasteiger partial charge in [-0.3, -0.25) is 4.79 Å². The van der Waals surface area contributed by atoms with Gasteiger partial charge in [-0.1, -0.05) is 121 Å². The predicted octanol–water partition coefficient (Wildman–Crippen LogP) is 6.79. The number of amidine groups is 1. The van der Waals surface area contributed by atoms with Gasteiger partial charge in [-0.15, -0.1) is 17.7 Å². The molecule has 222 valence electrons. The van der Waals surface area contributed by atoms with E-state index in [0.717, 1.165) is 22.3 Å². The molecule has 0 bridgehead atoms. The van der Waals surface area contributed by atoms with Crippen LogP contribution in [0, 0.1) is 0 Å². The van der Waals surface area contributed by atoms with E-state index < -0.39 is 12.2 Å². The summed E-state index contributed by atoms with van der Waals surface area (Å²) in [4.78, 5) is 22.4. The number of rotatable bonds is 11. The number of hydrogen-bond acceptors (Lipinski definition) is 7. The van der Waals surface area contributed by atoms with Crippen LogP contribution in [0.15, 0.2) is 143 Å². The third-order valence-electron chi connectivity index (χ3n) is 7.17. The molecule has 5 aromatic rings. The first kappa shape index (κ1) is 29.5. The molecular formula is C35H32N4O3S2. The summed E-state index contributed by atoms with van der Waals surface area (Å²) in [5, 5.41) is 5.10. The average Bonchev–Trinajstić information content (AvgIpc) is 3.40. The molecule has 0 unspecified atom stereocenters. The van der Waals surface area contributed by atoms with Crippen LogP contribution in [0.3, 0.4) is 0 Å². The fourth-order valence-corrected chi connectivity index (χ4v) is 6.00. The van der Waals surface area contributed by atoms with Crippen molar-refractivity contribution in [2.45, 2.75) is 18.0 Å². The molecule has 0 atom stereocenters. The number of hydrogen-bond donors (Lipinski definition) is 1. The number of hydrazone groups is 1. The van der Waals surface area contributed by atoms with E-state index in [1.54, 1.807) is 17.0 Å². The molecule has 1 aliphatic heterocycles. The summed E-state index contributed by atoms with van der Waals surface area (Å²) in [6, 6.07) is 41.5. The van der Waals surface area contributed by atoms with Crippen molar-refractivity contribution in [3.63, 3.8) is 0 Å². The minimum absolute atomic E-state index is 0.188. The topological polar surface area (TPSA) is 59.3 Å². The minimum atomic E-state index is -0.485. The van der Waals surface area contributed by atoms with Crippen molar-refractivity contribution in [3.05, 3.63) is 172 Å². The van der Waals surface area contributed by atoms with Crippen molar-refractivity contribution >= 4 is 29.7 Å². The van der Waals surface area contributed by atoms with E-state index in [9.17, 15) is 4.79 Å². The van der Waals surface area contributed by atoms with Crippen LogP contribution in [0.5, 0.6) is 5.75 Å². The normalized spacial score (nSPS) is 13.0. The number of aromatic nitrogens is 1. The lowest BCUT2D eigenvalue weighted by Gasteiger charge is -2.25. The third-order valence-corrected chi connectivity index (χ3v) is 8.52. The molecule has 2 heterocycles. The van der Waals surface area contributed by atoms with Crippen LogP contribution in [0.1, 0.15) is 40.2 Å². The second-order valence-electron chi connectivity index (χ2n) is 10.3. The lowest BCUT2D eigenvalue weighted by atomic mass is 10.0. The van der Waals surface area contributed by atoms with Crippen LogP contribution >= 0.6 is 24.6 Å². The van der Waals surface area contributed by atoms with Gasteiger partial charge in [-0.25, -0.2) is 4.41 Å². The molecule has 7 nitrogen and oxygen atoms in total. The van der Waals surface area contributed by atoms with Gasteiger partial charge in [0, 0.05) is 13.1 Å². The Labute approximate surface area is 266 Å². The van der Waals surface area contributed by atoms with E-state index >= 15 is 0 Å². The Balaban J connectivity index is 1.39. The number of nitrogens with zero attached hydrogens (tertiary/aromatic N) is 4. The molecule has 0 spiro atoms. The summed E-state index contributed by atoms with van der Waals surface area (Å²) in [5.74, 6) is 0.623. The Morgan fingerprint density at radius 2 is 1.25 bits per heavy atom. The monoisotopic (exact) mass is 620 g/mol. The highest BCUT2D eigenvalue weighted by Crippen LogP contribution is 2.30. The fraction of sp³-hybridized carbons (Fsp3) is 0.143. The molecule has 44 heavy (non-hydrogen) atoms. The Morgan fingerprint density at radius 3 is 1.70 bits per heavy atom. The molecule has 0 saturated carbocycles. The molecule has 6 rings (SSSR count). The van der Waals surface area contributed by atoms with Crippen LogP contribution in [0.25, 0.3) is 0 Å². The zero-order valence-corrected chi connectivity index (χ0v) is 25.9. The maximum absolute atomic E-state index is 13.7. The van der Waals surface area contributed by atoms with E-state index in [-0.39, 0.29) is 11.2 Å². The van der Waals surface area contributed by atoms with Crippen LogP contribution < -0.4 is 15.0 Å². The zero-order chi connectivity index (χ0) is 30.3. The summed E-state index contributed by atoms with van der Waals surface area (Å²) in [6.45, 7) is 0.586. The van der Waals surface area contributed by atoms with Crippen molar-refractivity contribution in [1.29, 1.82) is 0 Å². The minimum Gasteiger partial charge on any atom is -0.475 e. The van der Waals surface area contributed by atoms with Gasteiger partial charge in [-0.05, 0) is 34.2 Å². The highest BCUT2D eigenvalue weighted by Gasteiger charge is 2.23. The fourth-order valence-electron chi connectivity index (χ4n) is 4.89. The standard InChI is InChI=1S/C35H32N4O3S2/c1-37-25-39(36-35(37)43)44-24-30-22-31(40)32(41-33(26-14-6-2-7-15-26)27-16-8-3-9-17-27)23-38(30)42-34(28-18-10-4-11-19-28)29-20-12-5-13-21-29/h2-23,33-34H,24-25H2,1H3,(H,36,43). The summed E-state index contributed by atoms with van der Waals surface area (Å²) < 4.78 is 10.1.